The van der Waals surface area contributed by atoms with Gasteiger partial charge in [0.05, 0.1) is 6.10 Å². The zero-order chi connectivity index (χ0) is 11.9. The van der Waals surface area contributed by atoms with Crippen LogP contribution in [0.25, 0.3) is 0 Å². The van der Waals surface area contributed by atoms with Crippen LogP contribution in [-0.2, 0) is 4.74 Å². The molecule has 0 spiro atoms. The van der Waals surface area contributed by atoms with E-state index in [4.69, 9.17) is 4.74 Å². The number of nitrogens with one attached hydrogen (secondary N) is 1. The summed E-state index contributed by atoms with van der Waals surface area (Å²) in [6.07, 6.45) is 12.8. The van der Waals surface area contributed by atoms with Crippen molar-refractivity contribution in [3.63, 3.8) is 0 Å². The minimum atomic E-state index is 0.573. The molecule has 2 fully saturated rings. The Hall–Kier alpha value is -0.0800. The van der Waals surface area contributed by atoms with Crippen molar-refractivity contribution >= 4 is 0 Å². The van der Waals surface area contributed by atoms with Crippen LogP contribution in [0.4, 0.5) is 0 Å². The van der Waals surface area contributed by atoms with Crippen LogP contribution in [-0.4, -0.2) is 25.3 Å². The lowest BCUT2D eigenvalue weighted by Gasteiger charge is -2.23. The highest BCUT2D eigenvalue weighted by Crippen LogP contribution is 2.23. The standard InChI is InChI=1S/C15H29NO/c1-13-7-3-2-4-10-15(13)16-11-5-8-14-9-6-12-17-14/h13-16H,2-12H2,1H3. The van der Waals surface area contributed by atoms with E-state index in [0.717, 1.165) is 18.6 Å². The number of hydrogen-bond donors (Lipinski definition) is 1. The van der Waals surface area contributed by atoms with Gasteiger partial charge in [-0.2, -0.15) is 0 Å². The molecule has 0 aromatic heterocycles. The topological polar surface area (TPSA) is 21.3 Å². The molecule has 1 heterocycles. The fourth-order valence-electron chi connectivity index (χ4n) is 3.29. The number of rotatable bonds is 5. The normalized spacial score (nSPS) is 34.8. The summed E-state index contributed by atoms with van der Waals surface area (Å²) in [4.78, 5) is 0. The molecule has 0 amide bonds. The van der Waals surface area contributed by atoms with Crippen LogP contribution in [0.15, 0.2) is 0 Å². The molecule has 1 saturated carbocycles. The first-order valence-electron chi connectivity index (χ1n) is 7.71. The molecule has 1 saturated heterocycles. The summed E-state index contributed by atoms with van der Waals surface area (Å²) >= 11 is 0. The summed E-state index contributed by atoms with van der Waals surface area (Å²) in [6, 6.07) is 0.780. The smallest absolute Gasteiger partial charge is 0.0576 e. The maximum atomic E-state index is 5.66. The molecule has 0 radical (unpaired) electrons. The van der Waals surface area contributed by atoms with Crippen molar-refractivity contribution < 1.29 is 4.74 Å². The molecule has 0 bridgehead atoms. The third-order valence-electron chi connectivity index (χ3n) is 4.49. The predicted molar refractivity (Wildman–Crippen MR) is 72.2 cm³/mol. The summed E-state index contributed by atoms with van der Waals surface area (Å²) in [7, 11) is 0. The second kappa shape index (κ2) is 7.38. The van der Waals surface area contributed by atoms with Crippen molar-refractivity contribution in [3.8, 4) is 0 Å². The zero-order valence-electron chi connectivity index (χ0n) is 11.4. The Bertz CT molecular complexity index is 201. The van der Waals surface area contributed by atoms with E-state index in [9.17, 15) is 0 Å². The Kier molecular flexibility index (Phi) is 5.79. The molecule has 3 unspecified atom stereocenters. The molecule has 3 atom stereocenters. The van der Waals surface area contributed by atoms with E-state index in [1.165, 1.54) is 64.3 Å². The van der Waals surface area contributed by atoms with Gasteiger partial charge in [0.1, 0.15) is 0 Å². The van der Waals surface area contributed by atoms with Crippen LogP contribution in [0.2, 0.25) is 0 Å². The molecule has 1 N–H and O–H groups in total. The largest absolute Gasteiger partial charge is 0.378 e. The van der Waals surface area contributed by atoms with Gasteiger partial charge in [-0.05, 0) is 51.0 Å². The Morgan fingerprint density at radius 3 is 2.76 bits per heavy atom. The Balaban J connectivity index is 1.56. The van der Waals surface area contributed by atoms with E-state index in [-0.39, 0.29) is 0 Å². The van der Waals surface area contributed by atoms with Crippen molar-refractivity contribution in [2.45, 2.75) is 76.9 Å². The van der Waals surface area contributed by atoms with E-state index in [1.807, 2.05) is 0 Å². The molecule has 2 nitrogen and oxygen atoms in total. The molecule has 2 rings (SSSR count). The minimum Gasteiger partial charge on any atom is -0.378 e. The SMILES string of the molecule is CC1CCCCCC1NCCCC1CCCO1. The summed E-state index contributed by atoms with van der Waals surface area (Å²) in [6.45, 7) is 4.61. The third-order valence-corrected chi connectivity index (χ3v) is 4.49. The summed E-state index contributed by atoms with van der Waals surface area (Å²) in [5, 5.41) is 3.78. The van der Waals surface area contributed by atoms with E-state index < -0.39 is 0 Å². The monoisotopic (exact) mass is 239 g/mol. The lowest BCUT2D eigenvalue weighted by Crippen LogP contribution is -2.35. The lowest BCUT2D eigenvalue weighted by atomic mass is 9.97. The highest BCUT2D eigenvalue weighted by Gasteiger charge is 2.19. The molecule has 1 aliphatic heterocycles. The average Bonchev–Trinajstić information content (AvgIpc) is 2.76. The first-order chi connectivity index (χ1) is 8.36. The zero-order valence-corrected chi connectivity index (χ0v) is 11.4. The van der Waals surface area contributed by atoms with Gasteiger partial charge in [-0.1, -0.05) is 26.2 Å². The highest BCUT2D eigenvalue weighted by atomic mass is 16.5. The maximum Gasteiger partial charge on any atom is 0.0576 e. The molecule has 1 aliphatic carbocycles. The van der Waals surface area contributed by atoms with Crippen LogP contribution in [0, 0.1) is 5.92 Å². The van der Waals surface area contributed by atoms with Gasteiger partial charge in [0, 0.05) is 12.6 Å². The summed E-state index contributed by atoms with van der Waals surface area (Å²) in [5.74, 6) is 0.875. The van der Waals surface area contributed by atoms with Crippen molar-refractivity contribution in [2.75, 3.05) is 13.2 Å². The first-order valence-corrected chi connectivity index (χ1v) is 7.71. The predicted octanol–water partition coefficient (Wildman–Crippen LogP) is 3.50. The molecule has 17 heavy (non-hydrogen) atoms. The van der Waals surface area contributed by atoms with Gasteiger partial charge in [0.2, 0.25) is 0 Å². The van der Waals surface area contributed by atoms with Crippen LogP contribution < -0.4 is 5.32 Å². The average molecular weight is 239 g/mol. The van der Waals surface area contributed by atoms with Crippen LogP contribution >= 0.6 is 0 Å². The Morgan fingerprint density at radius 1 is 1.06 bits per heavy atom. The van der Waals surface area contributed by atoms with Crippen LogP contribution in [0.3, 0.4) is 0 Å². The van der Waals surface area contributed by atoms with Crippen LogP contribution in [0.5, 0.6) is 0 Å². The lowest BCUT2D eigenvalue weighted by molar-refractivity contribution is 0.102. The fourth-order valence-corrected chi connectivity index (χ4v) is 3.29. The van der Waals surface area contributed by atoms with Gasteiger partial charge in [-0.15, -0.1) is 0 Å². The van der Waals surface area contributed by atoms with Gasteiger partial charge in [0.15, 0.2) is 0 Å². The number of ether oxygens (including phenoxy) is 1. The third kappa shape index (κ3) is 4.59. The van der Waals surface area contributed by atoms with Gasteiger partial charge in [0.25, 0.3) is 0 Å². The number of hydrogen-bond acceptors (Lipinski definition) is 2. The van der Waals surface area contributed by atoms with Gasteiger partial charge in [-0.25, -0.2) is 0 Å². The maximum absolute atomic E-state index is 5.66. The van der Waals surface area contributed by atoms with Crippen molar-refractivity contribution in [3.05, 3.63) is 0 Å². The van der Waals surface area contributed by atoms with Gasteiger partial charge >= 0.3 is 0 Å². The van der Waals surface area contributed by atoms with Gasteiger partial charge < -0.3 is 10.1 Å². The molecule has 2 heteroatoms. The summed E-state index contributed by atoms with van der Waals surface area (Å²) in [5.41, 5.74) is 0. The second-order valence-electron chi connectivity index (χ2n) is 5.95. The second-order valence-corrected chi connectivity index (χ2v) is 5.95. The highest BCUT2D eigenvalue weighted by molar-refractivity contribution is 4.77. The molecular formula is C15H29NO. The minimum absolute atomic E-state index is 0.573. The van der Waals surface area contributed by atoms with Crippen molar-refractivity contribution in [1.29, 1.82) is 0 Å². The first kappa shape index (κ1) is 13.4. The van der Waals surface area contributed by atoms with E-state index in [1.54, 1.807) is 0 Å². The molecule has 0 aromatic carbocycles. The Morgan fingerprint density at radius 2 is 1.94 bits per heavy atom. The molecule has 0 aromatic rings. The van der Waals surface area contributed by atoms with Gasteiger partial charge in [-0.3, -0.25) is 0 Å². The van der Waals surface area contributed by atoms with Crippen LogP contribution in [0.1, 0.15) is 64.7 Å². The molecular weight excluding hydrogens is 210 g/mol. The van der Waals surface area contributed by atoms with E-state index in [2.05, 4.69) is 12.2 Å². The summed E-state index contributed by atoms with van der Waals surface area (Å²) < 4.78 is 5.66. The van der Waals surface area contributed by atoms with E-state index in [0.29, 0.717) is 6.10 Å². The van der Waals surface area contributed by atoms with Crippen molar-refractivity contribution in [2.24, 2.45) is 5.92 Å². The van der Waals surface area contributed by atoms with Crippen molar-refractivity contribution in [1.82, 2.24) is 5.32 Å². The fraction of sp³-hybridized carbons (Fsp3) is 1.00. The molecule has 2 aliphatic rings. The quantitative estimate of drug-likeness (QED) is 0.585. The Labute approximate surface area is 107 Å². The van der Waals surface area contributed by atoms with E-state index >= 15 is 0 Å². The molecule has 100 valence electrons.